The Morgan fingerprint density at radius 3 is 2.57 bits per heavy atom. The third-order valence-corrected chi connectivity index (χ3v) is 4.14. The number of nitrogens with one attached hydrogen (secondary N) is 1. The van der Waals surface area contributed by atoms with Gasteiger partial charge in [0.05, 0.1) is 22.7 Å². The number of imide groups is 1. The molecule has 1 heterocycles. The van der Waals surface area contributed by atoms with Gasteiger partial charge in [0.15, 0.2) is 0 Å². The first-order valence-corrected chi connectivity index (χ1v) is 7.23. The summed E-state index contributed by atoms with van der Waals surface area (Å²) >= 11 is 5.90. The standard InChI is InChI=1S/C15H19ClN2O3/c1-10(2)15(21)8-18(9-15)7-13(19)17-14(20)11-5-3-4-6-12(11)16/h3-6,10,21H,7-9H2,1-2H3,(H,17,19,20). The topological polar surface area (TPSA) is 69.6 Å². The lowest BCUT2D eigenvalue weighted by Crippen LogP contribution is -2.65. The Kier molecular flexibility index (Phi) is 4.66. The highest BCUT2D eigenvalue weighted by Crippen LogP contribution is 2.27. The van der Waals surface area contributed by atoms with E-state index < -0.39 is 17.4 Å². The first kappa shape index (κ1) is 15.9. The average molecular weight is 311 g/mol. The number of nitrogens with zero attached hydrogens (tertiary/aromatic N) is 1. The van der Waals surface area contributed by atoms with Gasteiger partial charge in [-0.1, -0.05) is 37.6 Å². The van der Waals surface area contributed by atoms with Crippen LogP contribution in [0.5, 0.6) is 0 Å². The van der Waals surface area contributed by atoms with Crippen LogP contribution in [0.2, 0.25) is 5.02 Å². The van der Waals surface area contributed by atoms with Crippen molar-refractivity contribution in [3.8, 4) is 0 Å². The Morgan fingerprint density at radius 2 is 2.00 bits per heavy atom. The fourth-order valence-corrected chi connectivity index (χ4v) is 2.51. The zero-order valence-corrected chi connectivity index (χ0v) is 12.9. The fourth-order valence-electron chi connectivity index (χ4n) is 2.29. The van der Waals surface area contributed by atoms with Crippen LogP contribution in [0, 0.1) is 5.92 Å². The molecule has 2 amide bonds. The molecule has 1 aromatic carbocycles. The molecule has 6 heteroatoms. The van der Waals surface area contributed by atoms with Crippen molar-refractivity contribution in [1.82, 2.24) is 10.2 Å². The number of amides is 2. The molecular weight excluding hydrogens is 292 g/mol. The highest BCUT2D eigenvalue weighted by atomic mass is 35.5. The monoisotopic (exact) mass is 310 g/mol. The molecule has 5 nitrogen and oxygen atoms in total. The lowest BCUT2D eigenvalue weighted by atomic mass is 9.83. The van der Waals surface area contributed by atoms with E-state index in [-0.39, 0.29) is 18.0 Å². The Balaban J connectivity index is 1.84. The van der Waals surface area contributed by atoms with Crippen molar-refractivity contribution in [2.45, 2.75) is 19.4 Å². The number of carbonyl (C=O) groups is 2. The molecule has 1 fully saturated rings. The lowest BCUT2D eigenvalue weighted by molar-refractivity contribution is -0.141. The minimum atomic E-state index is -0.729. The fraction of sp³-hybridized carbons (Fsp3) is 0.467. The molecule has 21 heavy (non-hydrogen) atoms. The molecule has 0 bridgehead atoms. The maximum absolute atomic E-state index is 11.9. The highest BCUT2D eigenvalue weighted by Gasteiger charge is 2.44. The molecule has 1 aliphatic heterocycles. The van der Waals surface area contributed by atoms with Gasteiger partial charge in [-0.15, -0.1) is 0 Å². The molecule has 2 N–H and O–H groups in total. The van der Waals surface area contributed by atoms with Gasteiger partial charge in [-0.05, 0) is 18.1 Å². The Hall–Kier alpha value is -1.43. The second-order valence-corrected chi connectivity index (χ2v) is 6.17. The maximum atomic E-state index is 11.9. The molecule has 114 valence electrons. The van der Waals surface area contributed by atoms with Crippen molar-refractivity contribution >= 4 is 23.4 Å². The molecule has 0 atom stereocenters. The lowest BCUT2D eigenvalue weighted by Gasteiger charge is -2.48. The van der Waals surface area contributed by atoms with Gasteiger partial charge in [0.2, 0.25) is 5.91 Å². The summed E-state index contributed by atoms with van der Waals surface area (Å²) in [5.74, 6) is -0.766. The Labute approximate surface area is 128 Å². The van der Waals surface area contributed by atoms with Gasteiger partial charge < -0.3 is 5.11 Å². The molecule has 1 saturated heterocycles. The molecular formula is C15H19ClN2O3. The average Bonchev–Trinajstić information content (AvgIpc) is 2.36. The van der Waals surface area contributed by atoms with E-state index in [1.54, 1.807) is 29.2 Å². The van der Waals surface area contributed by atoms with E-state index in [0.29, 0.717) is 18.1 Å². The molecule has 0 aliphatic carbocycles. The molecule has 1 aromatic rings. The van der Waals surface area contributed by atoms with Gasteiger partial charge >= 0.3 is 0 Å². The van der Waals surface area contributed by atoms with Crippen molar-refractivity contribution in [2.75, 3.05) is 19.6 Å². The SMILES string of the molecule is CC(C)C1(O)CN(CC(=O)NC(=O)c2ccccc2Cl)C1. The minimum absolute atomic E-state index is 0.0885. The molecule has 0 unspecified atom stereocenters. The van der Waals surface area contributed by atoms with Crippen molar-refractivity contribution in [2.24, 2.45) is 5.92 Å². The molecule has 0 aromatic heterocycles. The van der Waals surface area contributed by atoms with Crippen LogP contribution in [0.3, 0.4) is 0 Å². The number of benzene rings is 1. The van der Waals surface area contributed by atoms with Crippen LogP contribution in [-0.4, -0.2) is 47.1 Å². The predicted molar refractivity (Wildman–Crippen MR) is 80.2 cm³/mol. The van der Waals surface area contributed by atoms with Crippen LogP contribution in [-0.2, 0) is 4.79 Å². The molecule has 1 aliphatic rings. The van der Waals surface area contributed by atoms with Crippen molar-refractivity contribution < 1.29 is 14.7 Å². The summed E-state index contributed by atoms with van der Waals surface area (Å²) in [5, 5.41) is 12.7. The van der Waals surface area contributed by atoms with E-state index in [9.17, 15) is 14.7 Å². The normalized spacial score (nSPS) is 17.4. The van der Waals surface area contributed by atoms with Gasteiger partial charge in [-0.3, -0.25) is 19.8 Å². The summed E-state index contributed by atoms with van der Waals surface area (Å²) in [6.45, 7) is 4.86. The van der Waals surface area contributed by atoms with Gasteiger partial charge in [0.25, 0.3) is 5.91 Å². The van der Waals surface area contributed by atoms with Crippen LogP contribution >= 0.6 is 11.6 Å². The van der Waals surface area contributed by atoms with E-state index in [0.717, 1.165) is 0 Å². The first-order chi connectivity index (χ1) is 9.82. The van der Waals surface area contributed by atoms with Gasteiger partial charge in [0, 0.05) is 13.1 Å². The number of carbonyl (C=O) groups excluding carboxylic acids is 2. The quantitative estimate of drug-likeness (QED) is 0.879. The third-order valence-electron chi connectivity index (χ3n) is 3.81. The largest absolute Gasteiger partial charge is 0.387 e. The molecule has 0 spiro atoms. The number of hydrogen-bond donors (Lipinski definition) is 2. The number of likely N-dealkylation sites (tertiary alicyclic amines) is 1. The van der Waals surface area contributed by atoms with Gasteiger partial charge in [-0.25, -0.2) is 0 Å². The molecule has 0 radical (unpaired) electrons. The molecule has 0 saturated carbocycles. The minimum Gasteiger partial charge on any atom is -0.387 e. The zero-order chi connectivity index (χ0) is 15.6. The summed E-state index contributed by atoms with van der Waals surface area (Å²) in [5.41, 5.74) is -0.456. The van der Waals surface area contributed by atoms with Crippen LogP contribution in [0.1, 0.15) is 24.2 Å². The summed E-state index contributed by atoms with van der Waals surface area (Å²) in [6, 6.07) is 6.56. The highest BCUT2D eigenvalue weighted by molar-refractivity contribution is 6.34. The summed E-state index contributed by atoms with van der Waals surface area (Å²) in [6.07, 6.45) is 0. The van der Waals surface area contributed by atoms with E-state index in [1.165, 1.54) is 0 Å². The number of aliphatic hydroxyl groups is 1. The van der Waals surface area contributed by atoms with Crippen LogP contribution in [0.15, 0.2) is 24.3 Å². The molecule has 2 rings (SSSR count). The first-order valence-electron chi connectivity index (χ1n) is 6.85. The van der Waals surface area contributed by atoms with E-state index >= 15 is 0 Å². The summed E-state index contributed by atoms with van der Waals surface area (Å²) < 4.78 is 0. The third kappa shape index (κ3) is 3.61. The summed E-state index contributed by atoms with van der Waals surface area (Å²) in [7, 11) is 0. The second-order valence-electron chi connectivity index (χ2n) is 5.76. The number of rotatable bonds is 4. The number of hydrogen-bond acceptors (Lipinski definition) is 4. The van der Waals surface area contributed by atoms with E-state index in [2.05, 4.69) is 5.32 Å². The van der Waals surface area contributed by atoms with Crippen LogP contribution in [0.4, 0.5) is 0 Å². The van der Waals surface area contributed by atoms with Crippen molar-refractivity contribution in [1.29, 1.82) is 0 Å². The Bertz CT molecular complexity index is 554. The zero-order valence-electron chi connectivity index (χ0n) is 12.1. The number of β-amino-alcohol motifs (C(OH)–C–C–N with tert-alkyl or cyclic N) is 1. The van der Waals surface area contributed by atoms with Crippen molar-refractivity contribution in [3.05, 3.63) is 34.9 Å². The Morgan fingerprint density at radius 1 is 1.38 bits per heavy atom. The van der Waals surface area contributed by atoms with Gasteiger partial charge in [-0.2, -0.15) is 0 Å². The van der Waals surface area contributed by atoms with E-state index in [1.807, 2.05) is 13.8 Å². The smallest absolute Gasteiger partial charge is 0.259 e. The van der Waals surface area contributed by atoms with E-state index in [4.69, 9.17) is 11.6 Å². The number of halogens is 1. The van der Waals surface area contributed by atoms with Crippen molar-refractivity contribution in [3.63, 3.8) is 0 Å². The van der Waals surface area contributed by atoms with Crippen LogP contribution < -0.4 is 5.32 Å². The van der Waals surface area contributed by atoms with Gasteiger partial charge in [0.1, 0.15) is 0 Å². The van der Waals surface area contributed by atoms with Crippen LogP contribution in [0.25, 0.3) is 0 Å². The maximum Gasteiger partial charge on any atom is 0.259 e. The predicted octanol–water partition coefficient (Wildman–Crippen LogP) is 1.30. The summed E-state index contributed by atoms with van der Waals surface area (Å²) in [4.78, 5) is 25.5. The second kappa shape index (κ2) is 6.13.